The van der Waals surface area contributed by atoms with E-state index in [-0.39, 0.29) is 38.9 Å². The van der Waals surface area contributed by atoms with Gasteiger partial charge in [-0.05, 0) is 224 Å². The number of hydrogen-bond donors (Lipinski definition) is 0. The van der Waals surface area contributed by atoms with E-state index in [9.17, 15) is 0 Å². The average molecular weight is 1020 g/mol. The fraction of sp³-hybridized carbons (Fsp3) is 0.446. The molecule has 0 heterocycles. The van der Waals surface area contributed by atoms with Crippen LogP contribution < -0.4 is 14.2 Å². The molecule has 71 heavy (non-hydrogen) atoms. The van der Waals surface area contributed by atoms with Crippen LogP contribution in [0.3, 0.4) is 0 Å². The molecule has 6 aromatic carbocycles. The Hall–Kier alpha value is -4.41. The van der Waals surface area contributed by atoms with E-state index < -0.39 is 0 Å². The van der Waals surface area contributed by atoms with Crippen molar-refractivity contribution in [1.82, 2.24) is 0 Å². The summed E-state index contributed by atoms with van der Waals surface area (Å²) in [5, 5.41) is -0.356. The molecule has 6 rings (SSSR count). The Bertz CT molecular complexity index is 2480. The molecule has 0 saturated heterocycles. The van der Waals surface area contributed by atoms with Crippen LogP contribution in [0.25, 0.3) is 0 Å². The van der Waals surface area contributed by atoms with Crippen molar-refractivity contribution in [1.29, 1.82) is 0 Å². The van der Waals surface area contributed by atoms with Crippen LogP contribution >= 0.6 is 34.8 Å². The largest absolute Gasteiger partial charge is 0.488 e. The second kappa shape index (κ2) is 25.5. The Morgan fingerprint density at radius 2 is 0.634 bits per heavy atom. The maximum Gasteiger partial charge on any atom is 0.120 e. The van der Waals surface area contributed by atoms with Crippen LogP contribution in [0.15, 0.2) is 146 Å². The third-order valence-corrected chi connectivity index (χ3v) is 14.2. The molecule has 0 radical (unpaired) electrons. The highest BCUT2D eigenvalue weighted by molar-refractivity contribution is 6.21. The highest BCUT2D eigenvalue weighted by atomic mass is 35.5. The average Bonchev–Trinajstić information content (AvgIpc) is 3.31. The fourth-order valence-electron chi connectivity index (χ4n) is 9.30. The van der Waals surface area contributed by atoms with Crippen molar-refractivity contribution in [3.63, 3.8) is 0 Å². The molecule has 0 aliphatic carbocycles. The van der Waals surface area contributed by atoms with Gasteiger partial charge in [0.1, 0.15) is 34.1 Å². The van der Waals surface area contributed by atoms with Crippen molar-refractivity contribution >= 4 is 34.8 Å². The predicted octanol–water partition coefficient (Wildman–Crippen LogP) is 19.5. The van der Waals surface area contributed by atoms with E-state index in [1.807, 2.05) is 24.3 Å². The Kier molecular flexibility index (Phi) is 20.1. The summed E-state index contributed by atoms with van der Waals surface area (Å²) in [6, 6.07) is 52.8. The quantitative estimate of drug-likeness (QED) is 0.0599. The smallest absolute Gasteiger partial charge is 0.120 e. The molecule has 0 aromatic heterocycles. The second-order valence-electron chi connectivity index (χ2n) is 23.1. The van der Waals surface area contributed by atoms with Gasteiger partial charge in [0.2, 0.25) is 0 Å². The maximum atomic E-state index is 7.48. The van der Waals surface area contributed by atoms with Gasteiger partial charge < -0.3 is 14.2 Å². The molecule has 6 heteroatoms. The van der Waals surface area contributed by atoms with Crippen LogP contribution in [-0.4, -0.2) is 16.8 Å². The monoisotopic (exact) mass is 1010 g/mol. The van der Waals surface area contributed by atoms with Crippen LogP contribution in [0.2, 0.25) is 0 Å². The van der Waals surface area contributed by atoms with Gasteiger partial charge >= 0.3 is 0 Å². The van der Waals surface area contributed by atoms with Gasteiger partial charge in [0.25, 0.3) is 0 Å². The zero-order valence-electron chi connectivity index (χ0n) is 44.5. The molecule has 0 saturated carbocycles. The number of hydrogen-bond acceptors (Lipinski definition) is 3. The molecule has 0 aliphatic rings. The second-order valence-corrected chi connectivity index (χ2v) is 24.7. The summed E-state index contributed by atoms with van der Waals surface area (Å²) in [5.41, 5.74) is 10.6. The van der Waals surface area contributed by atoms with Crippen molar-refractivity contribution in [2.75, 3.05) is 0 Å². The Labute approximate surface area is 444 Å². The van der Waals surface area contributed by atoms with Crippen LogP contribution in [-0.2, 0) is 25.7 Å². The van der Waals surface area contributed by atoms with E-state index in [1.165, 1.54) is 33.4 Å². The highest BCUT2D eigenvalue weighted by Gasteiger charge is 2.25. The summed E-state index contributed by atoms with van der Waals surface area (Å²) in [6.07, 6.45) is 8.36. The SMILES string of the molecule is CC(C)Cc1ccc(CCC(CC(CC(Cl)c2ccc(OC(C)(C)C)cc2)c2ccc(CCC(Cl)c3ccc(OC(C)(C)C)cc3)cc2)c2ccc(CCC(Cl)c3ccc(OC(C)(C)C)cc3)cc2)cc1. The van der Waals surface area contributed by atoms with Crippen LogP contribution in [0.4, 0.5) is 0 Å². The van der Waals surface area contributed by atoms with E-state index in [0.717, 1.165) is 91.7 Å². The number of alkyl halides is 3. The van der Waals surface area contributed by atoms with Crippen molar-refractivity contribution in [2.24, 2.45) is 5.92 Å². The lowest BCUT2D eigenvalue weighted by molar-refractivity contribution is 0.130. The molecule has 0 aliphatic heterocycles. The maximum absolute atomic E-state index is 7.48. The first-order valence-corrected chi connectivity index (χ1v) is 27.4. The van der Waals surface area contributed by atoms with Gasteiger partial charge in [-0.3, -0.25) is 0 Å². The summed E-state index contributed by atoms with van der Waals surface area (Å²) in [5.74, 6) is 3.72. The van der Waals surface area contributed by atoms with E-state index in [1.54, 1.807) is 0 Å². The number of rotatable bonds is 23. The summed E-state index contributed by atoms with van der Waals surface area (Å²) >= 11 is 21.5. The lowest BCUT2D eigenvalue weighted by Gasteiger charge is -2.27. The number of ether oxygens (including phenoxy) is 3. The van der Waals surface area contributed by atoms with Crippen LogP contribution in [0.1, 0.15) is 186 Å². The molecular weight excluding hydrogens is 935 g/mol. The zero-order chi connectivity index (χ0) is 51.3. The number of halogens is 3. The molecule has 5 atom stereocenters. The molecule has 0 amide bonds. The Balaban J connectivity index is 1.22. The first kappa shape index (κ1) is 55.9. The standard InChI is InChI=1S/C65H81Cl3O3/c1-45(2)42-49-14-12-46(13-15-49)20-27-55(50-23-16-47(17-24-50)21-40-60(66)52-28-34-57(35-29-52)69-63(3,4)5)43-56(44-62(68)54-32-38-59(39-33-54)71-65(9,10)11)51-25-18-48(19-26-51)22-41-61(67)53-30-36-58(37-31-53)70-64(6,7)8/h12-19,23-26,28-39,45,55-56,60-62H,20-22,27,40-44H2,1-11H3. The first-order valence-electron chi connectivity index (χ1n) is 26.1. The van der Waals surface area contributed by atoms with Crippen LogP contribution in [0, 0.1) is 5.92 Å². The van der Waals surface area contributed by atoms with Crippen molar-refractivity contribution in [3.05, 3.63) is 196 Å². The molecule has 0 N–H and O–H groups in total. The molecule has 5 unspecified atom stereocenters. The Morgan fingerprint density at radius 1 is 0.338 bits per heavy atom. The minimum absolute atomic E-state index is 0.0847. The lowest BCUT2D eigenvalue weighted by atomic mass is 9.79. The molecular formula is C65H81Cl3O3. The highest BCUT2D eigenvalue weighted by Crippen LogP contribution is 2.42. The summed E-state index contributed by atoms with van der Waals surface area (Å²) in [6.45, 7) is 23.2. The van der Waals surface area contributed by atoms with E-state index in [2.05, 4.69) is 197 Å². The van der Waals surface area contributed by atoms with E-state index in [0.29, 0.717) is 11.8 Å². The van der Waals surface area contributed by atoms with Gasteiger partial charge in [0.05, 0.1) is 16.1 Å². The molecule has 3 nitrogen and oxygen atoms in total. The molecule has 0 bridgehead atoms. The zero-order valence-corrected chi connectivity index (χ0v) is 46.8. The van der Waals surface area contributed by atoms with Gasteiger partial charge in [-0.2, -0.15) is 0 Å². The van der Waals surface area contributed by atoms with E-state index >= 15 is 0 Å². The van der Waals surface area contributed by atoms with Gasteiger partial charge in [-0.1, -0.05) is 123 Å². The summed E-state index contributed by atoms with van der Waals surface area (Å²) < 4.78 is 18.3. The third kappa shape index (κ3) is 19.2. The molecule has 0 fully saturated rings. The topological polar surface area (TPSA) is 27.7 Å². The van der Waals surface area contributed by atoms with Crippen molar-refractivity contribution < 1.29 is 14.2 Å². The van der Waals surface area contributed by atoms with Gasteiger partial charge in [0.15, 0.2) is 0 Å². The normalized spacial score (nSPS) is 14.4. The van der Waals surface area contributed by atoms with Crippen molar-refractivity contribution in [3.8, 4) is 17.2 Å². The number of benzene rings is 6. The predicted molar refractivity (Wildman–Crippen MR) is 304 cm³/mol. The molecule has 0 spiro atoms. The first-order chi connectivity index (χ1) is 33.5. The molecule has 380 valence electrons. The minimum atomic E-state index is -0.276. The minimum Gasteiger partial charge on any atom is -0.488 e. The summed E-state index contributed by atoms with van der Waals surface area (Å²) in [4.78, 5) is 0. The van der Waals surface area contributed by atoms with Gasteiger partial charge in [-0.25, -0.2) is 0 Å². The lowest BCUT2D eigenvalue weighted by Crippen LogP contribution is -2.22. The van der Waals surface area contributed by atoms with Gasteiger partial charge in [0, 0.05) is 0 Å². The number of aryl methyl sites for hydroxylation is 3. The van der Waals surface area contributed by atoms with Crippen molar-refractivity contribution in [2.45, 2.75) is 179 Å². The Morgan fingerprint density at radius 3 is 0.986 bits per heavy atom. The van der Waals surface area contributed by atoms with Gasteiger partial charge in [-0.15, -0.1) is 34.8 Å². The third-order valence-electron chi connectivity index (χ3n) is 12.8. The summed E-state index contributed by atoms with van der Waals surface area (Å²) in [7, 11) is 0. The van der Waals surface area contributed by atoms with E-state index in [4.69, 9.17) is 49.0 Å². The molecule has 6 aromatic rings. The van der Waals surface area contributed by atoms with Crippen LogP contribution in [0.5, 0.6) is 17.2 Å². The fourth-order valence-corrected chi connectivity index (χ4v) is 10.2.